The molecular formula is C20H26ClIN4O4. The van der Waals surface area contributed by atoms with Gasteiger partial charge in [0.25, 0.3) is 5.69 Å². The topological polar surface area (TPSA) is 109 Å². The Balaban J connectivity index is 0.00000450. The first-order valence-corrected chi connectivity index (χ1v) is 9.62. The lowest BCUT2D eigenvalue weighted by Crippen LogP contribution is -2.39. The smallest absolute Gasteiger partial charge is 0.269 e. The zero-order valence-corrected chi connectivity index (χ0v) is 19.8. The summed E-state index contributed by atoms with van der Waals surface area (Å²) in [5, 5.41) is 27.9. The molecule has 30 heavy (non-hydrogen) atoms. The zero-order valence-electron chi connectivity index (χ0n) is 16.7. The number of aliphatic hydroxyl groups is 1. The van der Waals surface area contributed by atoms with Crippen molar-refractivity contribution < 1.29 is 14.8 Å². The van der Waals surface area contributed by atoms with Crippen LogP contribution in [0.1, 0.15) is 25.5 Å². The molecule has 2 aromatic rings. The fourth-order valence-electron chi connectivity index (χ4n) is 2.47. The quantitative estimate of drug-likeness (QED) is 0.144. The molecule has 2 aromatic carbocycles. The molecule has 164 valence electrons. The summed E-state index contributed by atoms with van der Waals surface area (Å²) in [6, 6.07) is 13.2. The number of nitro benzene ring substituents is 1. The first kappa shape index (κ1) is 25.9. The lowest BCUT2D eigenvalue weighted by molar-refractivity contribution is -0.384. The van der Waals surface area contributed by atoms with Gasteiger partial charge in [-0.25, -0.2) is 0 Å². The van der Waals surface area contributed by atoms with Crippen LogP contribution < -0.4 is 15.4 Å². The molecule has 2 rings (SSSR count). The van der Waals surface area contributed by atoms with Crippen molar-refractivity contribution in [3.05, 3.63) is 69.2 Å². The molecule has 0 spiro atoms. The van der Waals surface area contributed by atoms with Gasteiger partial charge in [-0.15, -0.1) is 24.0 Å². The molecular weight excluding hydrogens is 523 g/mol. The fourth-order valence-corrected chi connectivity index (χ4v) is 2.59. The molecule has 0 fully saturated rings. The van der Waals surface area contributed by atoms with E-state index in [1.54, 1.807) is 0 Å². The third-order valence-corrected chi connectivity index (χ3v) is 4.27. The lowest BCUT2D eigenvalue weighted by atomic mass is 10.1. The van der Waals surface area contributed by atoms with E-state index < -0.39 is 11.0 Å². The molecule has 2 atom stereocenters. The molecule has 0 bridgehead atoms. The van der Waals surface area contributed by atoms with E-state index in [9.17, 15) is 15.2 Å². The van der Waals surface area contributed by atoms with Crippen LogP contribution >= 0.6 is 35.6 Å². The Morgan fingerprint density at radius 1 is 1.23 bits per heavy atom. The number of hydrogen-bond donors (Lipinski definition) is 3. The van der Waals surface area contributed by atoms with Crippen molar-refractivity contribution in [3.8, 4) is 5.75 Å². The van der Waals surface area contributed by atoms with Crippen LogP contribution in [0.3, 0.4) is 0 Å². The maximum absolute atomic E-state index is 10.7. The van der Waals surface area contributed by atoms with Gasteiger partial charge in [-0.2, -0.15) is 0 Å². The average Bonchev–Trinajstić information content (AvgIpc) is 2.71. The van der Waals surface area contributed by atoms with E-state index in [1.165, 1.54) is 24.3 Å². The lowest BCUT2D eigenvalue weighted by Gasteiger charge is -2.19. The first-order valence-electron chi connectivity index (χ1n) is 9.24. The summed E-state index contributed by atoms with van der Waals surface area (Å²) in [5.74, 6) is 1.02. The Labute approximate surface area is 197 Å². The molecule has 2 unspecified atom stereocenters. The Morgan fingerprint density at radius 2 is 1.87 bits per heavy atom. The van der Waals surface area contributed by atoms with Gasteiger partial charge in [0.2, 0.25) is 0 Å². The highest BCUT2D eigenvalue weighted by atomic mass is 127. The number of guanidine groups is 1. The van der Waals surface area contributed by atoms with Crippen LogP contribution in [0.5, 0.6) is 5.75 Å². The van der Waals surface area contributed by atoms with Crippen LogP contribution in [0.2, 0.25) is 5.02 Å². The molecule has 0 saturated heterocycles. The van der Waals surface area contributed by atoms with Gasteiger partial charge in [0.15, 0.2) is 5.96 Å². The maximum Gasteiger partial charge on any atom is 0.269 e. The zero-order chi connectivity index (χ0) is 21.2. The fraction of sp³-hybridized carbons (Fsp3) is 0.350. The maximum atomic E-state index is 10.7. The molecule has 0 aromatic heterocycles. The summed E-state index contributed by atoms with van der Waals surface area (Å²) in [6.07, 6.45) is -0.827. The minimum Gasteiger partial charge on any atom is -0.491 e. The van der Waals surface area contributed by atoms with Gasteiger partial charge in [0, 0.05) is 23.7 Å². The highest BCUT2D eigenvalue weighted by Crippen LogP contribution is 2.18. The monoisotopic (exact) mass is 548 g/mol. The number of benzene rings is 2. The third-order valence-electron chi connectivity index (χ3n) is 4.02. The van der Waals surface area contributed by atoms with Crippen molar-refractivity contribution in [1.29, 1.82) is 0 Å². The predicted molar refractivity (Wildman–Crippen MR) is 129 cm³/mol. The summed E-state index contributed by atoms with van der Waals surface area (Å²) in [6.45, 7) is 4.79. The number of hydrogen-bond acceptors (Lipinski definition) is 5. The Morgan fingerprint density at radius 3 is 2.43 bits per heavy atom. The van der Waals surface area contributed by atoms with Gasteiger partial charge in [-0.05, 0) is 43.7 Å². The molecule has 0 heterocycles. The summed E-state index contributed by atoms with van der Waals surface area (Å²) < 4.78 is 5.46. The van der Waals surface area contributed by atoms with Gasteiger partial charge in [-0.3, -0.25) is 15.1 Å². The van der Waals surface area contributed by atoms with Gasteiger partial charge < -0.3 is 20.5 Å². The van der Waals surface area contributed by atoms with Gasteiger partial charge in [0.1, 0.15) is 18.5 Å². The summed E-state index contributed by atoms with van der Waals surface area (Å²) in [4.78, 5) is 14.6. The third kappa shape index (κ3) is 8.72. The summed E-state index contributed by atoms with van der Waals surface area (Å²) in [5.41, 5.74) is 1.04. The molecule has 8 nitrogen and oxygen atoms in total. The largest absolute Gasteiger partial charge is 0.491 e. The Hall–Kier alpha value is -2.11. The van der Waals surface area contributed by atoms with E-state index >= 15 is 0 Å². The van der Waals surface area contributed by atoms with Crippen molar-refractivity contribution in [3.63, 3.8) is 0 Å². The molecule has 0 aliphatic rings. The van der Waals surface area contributed by atoms with Crippen molar-refractivity contribution >= 4 is 47.2 Å². The van der Waals surface area contributed by atoms with E-state index in [0.29, 0.717) is 23.3 Å². The summed E-state index contributed by atoms with van der Waals surface area (Å²) >= 11 is 5.93. The minimum absolute atomic E-state index is 0. The van der Waals surface area contributed by atoms with Crippen molar-refractivity contribution in [2.45, 2.75) is 26.0 Å². The number of aliphatic imine (C=N–C) groups is 1. The van der Waals surface area contributed by atoms with Gasteiger partial charge >= 0.3 is 0 Å². The number of halogens is 2. The molecule has 10 heteroatoms. The number of nitro groups is 1. The second-order valence-corrected chi connectivity index (χ2v) is 6.79. The average molecular weight is 549 g/mol. The van der Waals surface area contributed by atoms with Crippen LogP contribution in [0, 0.1) is 10.1 Å². The molecule has 0 amide bonds. The number of nitrogens with zero attached hydrogens (tertiary/aromatic N) is 2. The second-order valence-electron chi connectivity index (χ2n) is 6.35. The molecule has 0 aliphatic carbocycles. The number of nitrogens with one attached hydrogen (secondary N) is 2. The normalized spacial score (nSPS) is 13.0. The molecule has 0 aliphatic heterocycles. The first-order chi connectivity index (χ1) is 13.9. The van der Waals surface area contributed by atoms with Gasteiger partial charge in [-0.1, -0.05) is 23.7 Å². The van der Waals surface area contributed by atoms with Crippen molar-refractivity contribution in [2.24, 2.45) is 4.99 Å². The molecule has 0 saturated carbocycles. The highest BCUT2D eigenvalue weighted by Gasteiger charge is 2.10. The number of rotatable bonds is 9. The van der Waals surface area contributed by atoms with Crippen LogP contribution in [-0.4, -0.2) is 41.8 Å². The van der Waals surface area contributed by atoms with Crippen LogP contribution in [0.25, 0.3) is 0 Å². The SMILES string of the molecule is CCNC(=NCC(O)COc1ccc([N+](=O)[O-])cc1)NC(C)c1ccc(Cl)cc1.I. The number of non-ortho nitro benzene ring substituents is 1. The highest BCUT2D eigenvalue weighted by molar-refractivity contribution is 14.0. The summed E-state index contributed by atoms with van der Waals surface area (Å²) in [7, 11) is 0. The Kier molecular flexibility index (Phi) is 11.4. The molecule has 0 radical (unpaired) electrons. The van der Waals surface area contributed by atoms with E-state index in [1.807, 2.05) is 38.1 Å². The van der Waals surface area contributed by atoms with E-state index in [4.69, 9.17) is 16.3 Å². The van der Waals surface area contributed by atoms with Crippen molar-refractivity contribution in [1.82, 2.24) is 10.6 Å². The second kappa shape index (κ2) is 13.2. The van der Waals surface area contributed by atoms with E-state index in [2.05, 4.69) is 15.6 Å². The van der Waals surface area contributed by atoms with Gasteiger partial charge in [0.05, 0.1) is 17.5 Å². The predicted octanol–water partition coefficient (Wildman–Crippen LogP) is 3.92. The van der Waals surface area contributed by atoms with Crippen LogP contribution in [0.4, 0.5) is 5.69 Å². The van der Waals surface area contributed by atoms with Crippen molar-refractivity contribution in [2.75, 3.05) is 19.7 Å². The standard InChI is InChI=1S/C20H25ClN4O4.HI/c1-3-22-20(24-14(2)15-4-6-16(21)7-5-15)23-12-18(26)13-29-19-10-8-17(9-11-19)25(27)28;/h4-11,14,18,26H,3,12-13H2,1-2H3,(H2,22,23,24);1H. The minimum atomic E-state index is -0.827. The van der Waals surface area contributed by atoms with E-state index in [-0.39, 0.29) is 48.9 Å². The van der Waals surface area contributed by atoms with Crippen LogP contribution in [0.15, 0.2) is 53.5 Å². The molecule has 3 N–H and O–H groups in total. The number of aliphatic hydroxyl groups excluding tert-OH is 1. The Bertz CT molecular complexity index is 819. The van der Waals surface area contributed by atoms with E-state index in [0.717, 1.165) is 5.56 Å². The number of ether oxygens (including phenoxy) is 1. The van der Waals surface area contributed by atoms with Crippen LogP contribution in [-0.2, 0) is 0 Å².